The number of methoxy groups -OCH3 is 1. The van der Waals surface area contributed by atoms with Crippen LogP contribution in [0, 0.1) is 0 Å². The molecule has 2 aromatic rings. The van der Waals surface area contributed by atoms with Crippen molar-refractivity contribution in [2.24, 2.45) is 0 Å². The summed E-state index contributed by atoms with van der Waals surface area (Å²) in [4.78, 5) is 22.9. The van der Waals surface area contributed by atoms with Gasteiger partial charge < -0.3 is 20.0 Å². The maximum atomic E-state index is 11.9. The molecule has 0 heterocycles. The molecular weight excluding hydrogens is 282 g/mol. The van der Waals surface area contributed by atoms with E-state index in [1.165, 1.54) is 12.1 Å². The molecule has 0 saturated heterocycles. The van der Waals surface area contributed by atoms with Crippen molar-refractivity contribution < 1.29 is 19.4 Å². The summed E-state index contributed by atoms with van der Waals surface area (Å²) >= 11 is 0. The molecule has 0 bridgehead atoms. The number of hydrogen-bond donors (Lipinski definition) is 1. The number of rotatable bonds is 6. The Morgan fingerprint density at radius 1 is 1.09 bits per heavy atom. The van der Waals surface area contributed by atoms with Gasteiger partial charge in [0.2, 0.25) is 5.91 Å². The largest absolute Gasteiger partial charge is 0.545 e. The van der Waals surface area contributed by atoms with E-state index in [0.29, 0.717) is 6.42 Å². The summed E-state index contributed by atoms with van der Waals surface area (Å²) in [6.45, 7) is 0. The average Bonchev–Trinajstić information content (AvgIpc) is 2.53. The molecule has 0 unspecified atom stereocenters. The fourth-order valence-electron chi connectivity index (χ4n) is 2.03. The number of nitrogens with one attached hydrogen (secondary N) is 1. The molecule has 2 aromatic carbocycles. The van der Waals surface area contributed by atoms with Gasteiger partial charge in [0.25, 0.3) is 0 Å². The molecule has 5 nitrogen and oxygen atoms in total. The normalized spacial score (nSPS) is 10.0. The van der Waals surface area contributed by atoms with Crippen LogP contribution in [0.3, 0.4) is 0 Å². The lowest BCUT2D eigenvalue weighted by Gasteiger charge is -2.11. The SMILES string of the molecule is COc1ccc(CCC(=O)Nc2ccccc2C(=O)[O-])cc1. The summed E-state index contributed by atoms with van der Waals surface area (Å²) in [5, 5.41) is 13.6. The second-order valence-corrected chi connectivity index (χ2v) is 4.73. The topological polar surface area (TPSA) is 78.5 Å². The molecule has 1 N–H and O–H groups in total. The minimum absolute atomic E-state index is 0.0275. The van der Waals surface area contributed by atoms with E-state index < -0.39 is 5.97 Å². The van der Waals surface area contributed by atoms with Gasteiger partial charge in [-0.15, -0.1) is 0 Å². The van der Waals surface area contributed by atoms with Crippen LogP contribution in [0.25, 0.3) is 0 Å². The summed E-state index contributed by atoms with van der Waals surface area (Å²) < 4.78 is 5.07. The van der Waals surface area contributed by atoms with Crippen LogP contribution in [-0.2, 0) is 11.2 Å². The molecule has 114 valence electrons. The fourth-order valence-corrected chi connectivity index (χ4v) is 2.03. The molecule has 0 aromatic heterocycles. The number of ether oxygens (including phenoxy) is 1. The molecule has 0 saturated carbocycles. The van der Waals surface area contributed by atoms with E-state index in [1.54, 1.807) is 19.2 Å². The van der Waals surface area contributed by atoms with E-state index in [0.717, 1.165) is 11.3 Å². The van der Waals surface area contributed by atoms with Crippen molar-refractivity contribution in [3.05, 3.63) is 59.7 Å². The zero-order valence-corrected chi connectivity index (χ0v) is 12.2. The van der Waals surface area contributed by atoms with E-state index in [1.807, 2.05) is 24.3 Å². The molecule has 0 spiro atoms. The van der Waals surface area contributed by atoms with Crippen LogP contribution >= 0.6 is 0 Å². The van der Waals surface area contributed by atoms with Crippen molar-refractivity contribution in [2.45, 2.75) is 12.8 Å². The first-order valence-corrected chi connectivity index (χ1v) is 6.83. The van der Waals surface area contributed by atoms with Crippen molar-refractivity contribution in [2.75, 3.05) is 12.4 Å². The second kappa shape index (κ2) is 7.26. The first-order chi connectivity index (χ1) is 10.6. The molecule has 0 atom stereocenters. The number of aryl methyl sites for hydroxylation is 1. The number of anilines is 1. The predicted molar refractivity (Wildman–Crippen MR) is 80.7 cm³/mol. The Bertz CT molecular complexity index is 665. The van der Waals surface area contributed by atoms with Gasteiger partial charge in [-0.1, -0.05) is 30.3 Å². The van der Waals surface area contributed by atoms with Crippen LogP contribution in [0.5, 0.6) is 5.75 Å². The van der Waals surface area contributed by atoms with Gasteiger partial charge in [0.1, 0.15) is 5.75 Å². The Hall–Kier alpha value is -2.82. The van der Waals surface area contributed by atoms with Crippen molar-refractivity contribution in [3.63, 3.8) is 0 Å². The summed E-state index contributed by atoms with van der Waals surface area (Å²) in [6.07, 6.45) is 0.816. The van der Waals surface area contributed by atoms with Crippen LogP contribution in [0.4, 0.5) is 5.69 Å². The Kier molecular flexibility index (Phi) is 5.14. The van der Waals surface area contributed by atoms with Crippen molar-refractivity contribution in [1.82, 2.24) is 0 Å². The lowest BCUT2D eigenvalue weighted by molar-refractivity contribution is -0.254. The minimum Gasteiger partial charge on any atom is -0.545 e. The maximum absolute atomic E-state index is 11.9. The number of hydrogen-bond acceptors (Lipinski definition) is 4. The van der Waals surface area contributed by atoms with Gasteiger partial charge >= 0.3 is 0 Å². The van der Waals surface area contributed by atoms with E-state index in [9.17, 15) is 14.7 Å². The number of carbonyl (C=O) groups excluding carboxylic acids is 2. The monoisotopic (exact) mass is 298 g/mol. The lowest BCUT2D eigenvalue weighted by atomic mass is 10.1. The van der Waals surface area contributed by atoms with Gasteiger partial charge in [0.15, 0.2) is 0 Å². The third-order valence-corrected chi connectivity index (χ3v) is 3.22. The number of carboxylic acids is 1. The Morgan fingerprint density at radius 2 is 1.77 bits per heavy atom. The Balaban J connectivity index is 1.94. The second-order valence-electron chi connectivity index (χ2n) is 4.73. The number of carbonyl (C=O) groups is 2. The highest BCUT2D eigenvalue weighted by Gasteiger charge is 2.07. The van der Waals surface area contributed by atoms with Gasteiger partial charge in [-0.25, -0.2) is 0 Å². The zero-order chi connectivity index (χ0) is 15.9. The highest BCUT2D eigenvalue weighted by atomic mass is 16.5. The quantitative estimate of drug-likeness (QED) is 0.879. The van der Waals surface area contributed by atoms with E-state index >= 15 is 0 Å². The van der Waals surface area contributed by atoms with E-state index in [2.05, 4.69) is 5.32 Å². The first kappa shape index (κ1) is 15.6. The average molecular weight is 298 g/mol. The van der Waals surface area contributed by atoms with Gasteiger partial charge in [-0.3, -0.25) is 4.79 Å². The summed E-state index contributed by atoms with van der Waals surface area (Å²) in [5.74, 6) is -0.799. The van der Waals surface area contributed by atoms with E-state index in [-0.39, 0.29) is 23.6 Å². The first-order valence-electron chi connectivity index (χ1n) is 6.83. The zero-order valence-electron chi connectivity index (χ0n) is 12.2. The molecule has 1 amide bonds. The summed E-state index contributed by atoms with van der Waals surface area (Å²) in [7, 11) is 1.59. The lowest BCUT2D eigenvalue weighted by Crippen LogP contribution is -2.24. The molecular formula is C17H16NO4-. The highest BCUT2D eigenvalue weighted by molar-refractivity contribution is 5.99. The maximum Gasteiger partial charge on any atom is 0.224 e. The number of amides is 1. The molecule has 22 heavy (non-hydrogen) atoms. The molecule has 0 aliphatic heterocycles. The number of carboxylic acid groups (broad SMARTS) is 1. The van der Waals surface area contributed by atoms with E-state index in [4.69, 9.17) is 4.74 Å². The fraction of sp³-hybridized carbons (Fsp3) is 0.176. The Labute approximate surface area is 128 Å². The third-order valence-electron chi connectivity index (χ3n) is 3.22. The smallest absolute Gasteiger partial charge is 0.224 e. The van der Waals surface area contributed by atoms with Gasteiger partial charge in [0, 0.05) is 17.7 Å². The minimum atomic E-state index is -1.31. The molecule has 0 aliphatic carbocycles. The number of benzene rings is 2. The van der Waals surface area contributed by atoms with Crippen LogP contribution in [-0.4, -0.2) is 19.0 Å². The highest BCUT2D eigenvalue weighted by Crippen LogP contribution is 2.16. The van der Waals surface area contributed by atoms with Crippen molar-refractivity contribution in [1.29, 1.82) is 0 Å². The molecule has 5 heteroatoms. The van der Waals surface area contributed by atoms with Gasteiger partial charge in [-0.2, -0.15) is 0 Å². The predicted octanol–water partition coefficient (Wildman–Crippen LogP) is 1.63. The van der Waals surface area contributed by atoms with Gasteiger partial charge in [-0.05, 0) is 30.2 Å². The molecule has 0 fully saturated rings. The van der Waals surface area contributed by atoms with Crippen LogP contribution < -0.4 is 15.2 Å². The third kappa shape index (κ3) is 4.09. The molecule has 0 radical (unpaired) electrons. The standard InChI is InChI=1S/C17H17NO4/c1-22-13-9-6-12(7-10-13)8-11-16(19)18-15-5-3-2-4-14(15)17(20)21/h2-7,9-10H,8,11H2,1H3,(H,18,19)(H,20,21)/p-1. The van der Waals surface area contributed by atoms with Crippen molar-refractivity contribution in [3.8, 4) is 5.75 Å². The van der Waals surface area contributed by atoms with Crippen LogP contribution in [0.2, 0.25) is 0 Å². The van der Waals surface area contributed by atoms with Gasteiger partial charge in [0.05, 0.1) is 13.1 Å². The summed E-state index contributed by atoms with van der Waals surface area (Å²) in [6, 6.07) is 13.6. The molecule has 2 rings (SSSR count). The number of para-hydroxylation sites is 1. The summed E-state index contributed by atoms with van der Waals surface area (Å²) in [5.41, 5.74) is 1.23. The number of aromatic carboxylic acids is 1. The van der Waals surface area contributed by atoms with Crippen LogP contribution in [0.1, 0.15) is 22.3 Å². The molecule has 0 aliphatic rings. The van der Waals surface area contributed by atoms with Crippen LogP contribution in [0.15, 0.2) is 48.5 Å². The Morgan fingerprint density at radius 3 is 2.41 bits per heavy atom. The van der Waals surface area contributed by atoms with Crippen molar-refractivity contribution >= 4 is 17.6 Å².